The number of hydrogen-bond acceptors (Lipinski definition) is 4. The Morgan fingerprint density at radius 2 is 1.83 bits per heavy atom. The highest BCUT2D eigenvalue weighted by Gasteiger charge is 2.23. The second kappa shape index (κ2) is 10.3. The van der Waals surface area contributed by atoms with Crippen LogP contribution in [0.3, 0.4) is 0 Å². The molecule has 2 aromatic carbocycles. The first-order valence-electron chi connectivity index (χ1n) is 10.00. The Morgan fingerprint density at radius 3 is 2.53 bits per heavy atom. The van der Waals surface area contributed by atoms with E-state index in [1.165, 1.54) is 0 Å². The molecule has 0 atom stereocenters. The number of nitrogens with one attached hydrogen (secondary N) is 1. The fourth-order valence-electron chi connectivity index (χ4n) is 3.57. The van der Waals surface area contributed by atoms with Gasteiger partial charge in [-0.2, -0.15) is 0 Å². The Balaban J connectivity index is 0.00000256. The molecule has 2 heterocycles. The fraction of sp³-hybridized carbons (Fsp3) is 0.304. The zero-order valence-corrected chi connectivity index (χ0v) is 17.8. The summed E-state index contributed by atoms with van der Waals surface area (Å²) in [5, 5.41) is 3.33. The van der Waals surface area contributed by atoms with E-state index in [1.54, 1.807) is 17.1 Å². The lowest BCUT2D eigenvalue weighted by atomic mass is 10.1. The van der Waals surface area contributed by atoms with E-state index in [1.807, 2.05) is 66.5 Å². The van der Waals surface area contributed by atoms with Gasteiger partial charge in [0.1, 0.15) is 18.7 Å². The topological polar surface area (TPSA) is 59.4 Å². The molecule has 7 heteroatoms. The molecule has 1 aromatic heterocycles. The van der Waals surface area contributed by atoms with E-state index >= 15 is 0 Å². The van der Waals surface area contributed by atoms with Crippen LogP contribution in [0.1, 0.15) is 18.4 Å². The molecule has 1 N–H and O–H groups in total. The molecule has 1 fully saturated rings. The Labute approximate surface area is 183 Å². The summed E-state index contributed by atoms with van der Waals surface area (Å²) in [6, 6.07) is 18.1. The summed E-state index contributed by atoms with van der Waals surface area (Å²) in [5.74, 6) is 0.804. The van der Waals surface area contributed by atoms with Crippen LogP contribution in [0.2, 0.25) is 0 Å². The summed E-state index contributed by atoms with van der Waals surface area (Å²) in [6.45, 7) is 2.44. The molecule has 1 amide bonds. The molecule has 0 radical (unpaired) electrons. The normalized spacial score (nSPS) is 14.0. The van der Waals surface area contributed by atoms with Crippen molar-refractivity contribution in [2.24, 2.45) is 0 Å². The van der Waals surface area contributed by atoms with E-state index in [2.05, 4.69) is 10.3 Å². The van der Waals surface area contributed by atoms with Gasteiger partial charge >= 0.3 is 6.03 Å². The average molecular weight is 427 g/mol. The number of aromatic nitrogens is 2. The molecule has 4 rings (SSSR count). The second-order valence-corrected chi connectivity index (χ2v) is 7.34. The van der Waals surface area contributed by atoms with Gasteiger partial charge in [-0.1, -0.05) is 30.3 Å². The summed E-state index contributed by atoms with van der Waals surface area (Å²) >= 11 is 0. The summed E-state index contributed by atoms with van der Waals surface area (Å²) in [7, 11) is 1.87. The van der Waals surface area contributed by atoms with Gasteiger partial charge in [-0.3, -0.25) is 4.57 Å². The van der Waals surface area contributed by atoms with Crippen molar-refractivity contribution in [3.8, 4) is 17.0 Å². The summed E-state index contributed by atoms with van der Waals surface area (Å²) < 4.78 is 7.40. The van der Waals surface area contributed by atoms with Crippen LogP contribution in [0.15, 0.2) is 67.1 Å². The van der Waals surface area contributed by atoms with Gasteiger partial charge in [-0.25, -0.2) is 9.78 Å². The van der Waals surface area contributed by atoms with Crippen molar-refractivity contribution >= 4 is 18.4 Å². The molecule has 30 heavy (non-hydrogen) atoms. The molecule has 3 aromatic rings. The number of rotatable bonds is 5. The first-order chi connectivity index (χ1) is 14.2. The maximum atomic E-state index is 12.8. The smallest absolute Gasteiger partial charge is 0.329 e. The van der Waals surface area contributed by atoms with Crippen molar-refractivity contribution in [3.05, 3.63) is 72.7 Å². The monoisotopic (exact) mass is 426 g/mol. The van der Waals surface area contributed by atoms with Gasteiger partial charge in [0, 0.05) is 24.8 Å². The molecule has 158 valence electrons. The molecular formula is C23H27ClN4O2. The number of carbonyl (C=O) groups excluding carboxylic acids is 1. The molecule has 1 saturated heterocycles. The zero-order chi connectivity index (χ0) is 20.1. The van der Waals surface area contributed by atoms with Crippen LogP contribution < -0.4 is 10.1 Å². The number of imidazole rings is 1. The largest absolute Gasteiger partial charge is 0.489 e. The lowest BCUT2D eigenvalue weighted by Crippen LogP contribution is -2.45. The van der Waals surface area contributed by atoms with E-state index in [0.29, 0.717) is 6.61 Å². The van der Waals surface area contributed by atoms with E-state index in [0.717, 1.165) is 48.5 Å². The van der Waals surface area contributed by atoms with Crippen molar-refractivity contribution in [2.45, 2.75) is 25.5 Å². The van der Waals surface area contributed by atoms with Crippen molar-refractivity contribution < 1.29 is 9.53 Å². The van der Waals surface area contributed by atoms with E-state index in [4.69, 9.17) is 4.74 Å². The summed E-state index contributed by atoms with van der Waals surface area (Å²) in [6.07, 6.45) is 5.34. The summed E-state index contributed by atoms with van der Waals surface area (Å²) in [5.41, 5.74) is 2.85. The number of carbonyl (C=O) groups is 1. The minimum Gasteiger partial charge on any atom is -0.489 e. The maximum Gasteiger partial charge on any atom is 0.329 e. The van der Waals surface area contributed by atoms with Crippen molar-refractivity contribution in [1.82, 2.24) is 19.8 Å². The molecule has 0 bridgehead atoms. The SMILES string of the molecule is CN(C(=O)n1cnc(-c2ccc(OCc3ccccc3)cc2)c1)C1CCNCC1.Cl. The molecule has 1 aliphatic heterocycles. The van der Waals surface area contributed by atoms with Crippen LogP contribution in [0, 0.1) is 0 Å². The molecule has 0 saturated carbocycles. The predicted molar refractivity (Wildman–Crippen MR) is 120 cm³/mol. The van der Waals surface area contributed by atoms with Gasteiger partial charge in [-0.05, 0) is 55.8 Å². The van der Waals surface area contributed by atoms with Crippen LogP contribution in [0.25, 0.3) is 11.3 Å². The number of amides is 1. The van der Waals surface area contributed by atoms with Crippen LogP contribution in [-0.4, -0.2) is 46.7 Å². The standard InChI is InChI=1S/C23H26N4O2.ClH/c1-26(20-11-13-24-14-12-20)23(28)27-15-22(25-17-27)19-7-9-21(10-8-19)29-16-18-5-3-2-4-6-18;/h2-10,15,17,20,24H,11-14,16H2,1H3;1H. The quantitative estimate of drug-likeness (QED) is 0.664. The molecule has 0 spiro atoms. The molecule has 6 nitrogen and oxygen atoms in total. The third-order valence-corrected chi connectivity index (χ3v) is 5.36. The number of benzene rings is 2. The Bertz CT molecular complexity index is 937. The summed E-state index contributed by atoms with van der Waals surface area (Å²) in [4.78, 5) is 19.0. The Hall–Kier alpha value is -2.83. The van der Waals surface area contributed by atoms with E-state index < -0.39 is 0 Å². The highest BCUT2D eigenvalue weighted by molar-refractivity contribution is 5.85. The van der Waals surface area contributed by atoms with Gasteiger partial charge in [0.25, 0.3) is 0 Å². The minimum atomic E-state index is -0.0431. The van der Waals surface area contributed by atoms with Gasteiger partial charge in [-0.15, -0.1) is 12.4 Å². The van der Waals surface area contributed by atoms with Crippen LogP contribution in [-0.2, 0) is 6.61 Å². The van der Waals surface area contributed by atoms with Crippen LogP contribution in [0.5, 0.6) is 5.75 Å². The van der Waals surface area contributed by atoms with E-state index in [-0.39, 0.29) is 24.5 Å². The fourth-order valence-corrected chi connectivity index (χ4v) is 3.57. The number of hydrogen-bond donors (Lipinski definition) is 1. The van der Waals surface area contributed by atoms with Gasteiger partial charge in [0.15, 0.2) is 0 Å². The molecular weight excluding hydrogens is 400 g/mol. The van der Waals surface area contributed by atoms with Crippen LogP contribution in [0.4, 0.5) is 4.79 Å². The van der Waals surface area contributed by atoms with Crippen molar-refractivity contribution in [3.63, 3.8) is 0 Å². The lowest BCUT2D eigenvalue weighted by molar-refractivity contribution is 0.178. The first kappa shape index (κ1) is 21.9. The van der Waals surface area contributed by atoms with Gasteiger partial charge < -0.3 is 15.0 Å². The Kier molecular flexibility index (Phi) is 7.49. The third kappa shape index (κ3) is 5.20. The number of ether oxygens (including phenoxy) is 1. The third-order valence-electron chi connectivity index (χ3n) is 5.36. The average Bonchev–Trinajstić information content (AvgIpc) is 3.28. The van der Waals surface area contributed by atoms with Crippen molar-refractivity contribution in [1.29, 1.82) is 0 Å². The lowest BCUT2D eigenvalue weighted by Gasteiger charge is -2.31. The highest BCUT2D eigenvalue weighted by atomic mass is 35.5. The highest BCUT2D eigenvalue weighted by Crippen LogP contribution is 2.22. The maximum absolute atomic E-state index is 12.8. The number of nitrogens with zero attached hydrogens (tertiary/aromatic N) is 3. The predicted octanol–water partition coefficient (Wildman–Crippen LogP) is 4.20. The Morgan fingerprint density at radius 1 is 1.13 bits per heavy atom. The second-order valence-electron chi connectivity index (χ2n) is 7.34. The first-order valence-corrected chi connectivity index (χ1v) is 10.00. The minimum absolute atomic E-state index is 0. The molecule has 1 aliphatic rings. The zero-order valence-electron chi connectivity index (χ0n) is 17.0. The van der Waals surface area contributed by atoms with Gasteiger partial charge in [0.2, 0.25) is 0 Å². The number of halogens is 1. The van der Waals surface area contributed by atoms with Crippen LogP contribution >= 0.6 is 12.4 Å². The number of piperidine rings is 1. The van der Waals surface area contributed by atoms with Crippen molar-refractivity contribution in [2.75, 3.05) is 20.1 Å². The molecule has 0 aliphatic carbocycles. The molecule has 0 unspecified atom stereocenters. The van der Waals surface area contributed by atoms with E-state index in [9.17, 15) is 4.79 Å². The van der Waals surface area contributed by atoms with Gasteiger partial charge in [0.05, 0.1) is 5.69 Å².